The second-order valence-corrected chi connectivity index (χ2v) is 8.89. The summed E-state index contributed by atoms with van der Waals surface area (Å²) in [7, 11) is -0.752. The molecule has 1 saturated heterocycles. The highest BCUT2D eigenvalue weighted by Gasteiger charge is 2.22. The monoisotopic (exact) mass is 428 g/mol. The highest BCUT2D eigenvalue weighted by atomic mass is 32.2. The van der Waals surface area contributed by atoms with Crippen LogP contribution in [0.5, 0.6) is 11.5 Å². The molecule has 1 N–H and O–H groups in total. The maximum absolute atomic E-state index is 13.0. The van der Waals surface area contributed by atoms with Crippen LogP contribution in [-0.4, -0.2) is 45.7 Å². The van der Waals surface area contributed by atoms with Gasteiger partial charge in [-0.1, -0.05) is 17.7 Å². The molecular formula is C21H24N4O4S. The topological polar surface area (TPSA) is 93.6 Å². The summed E-state index contributed by atoms with van der Waals surface area (Å²) in [4.78, 5) is 11.5. The van der Waals surface area contributed by atoms with E-state index in [-0.39, 0.29) is 10.7 Å². The molecule has 158 valence electrons. The smallest absolute Gasteiger partial charge is 0.263 e. The van der Waals surface area contributed by atoms with Gasteiger partial charge in [-0.3, -0.25) is 4.72 Å². The molecule has 4 rings (SSSR count). The number of nitrogens with one attached hydrogen (secondary N) is 1. The van der Waals surface area contributed by atoms with Gasteiger partial charge in [0.25, 0.3) is 10.0 Å². The normalized spacial score (nSPS) is 14.2. The van der Waals surface area contributed by atoms with E-state index in [2.05, 4.69) is 19.6 Å². The van der Waals surface area contributed by atoms with Gasteiger partial charge < -0.3 is 14.4 Å². The number of hydrogen-bond acceptors (Lipinski definition) is 7. The van der Waals surface area contributed by atoms with Gasteiger partial charge >= 0.3 is 0 Å². The molecule has 0 atom stereocenters. The second kappa shape index (κ2) is 7.98. The lowest BCUT2D eigenvalue weighted by Gasteiger charge is -2.19. The summed E-state index contributed by atoms with van der Waals surface area (Å²) < 4.78 is 39.5. The second-order valence-electron chi connectivity index (χ2n) is 7.21. The summed E-state index contributed by atoms with van der Waals surface area (Å²) in [5.41, 5.74) is 1.56. The highest BCUT2D eigenvalue weighted by molar-refractivity contribution is 7.92. The molecule has 0 radical (unpaired) electrons. The molecule has 1 aliphatic heterocycles. The maximum atomic E-state index is 13.0. The zero-order valence-electron chi connectivity index (χ0n) is 17.2. The fraction of sp³-hybridized carbons (Fsp3) is 0.333. The van der Waals surface area contributed by atoms with Crippen molar-refractivity contribution in [3.63, 3.8) is 0 Å². The van der Waals surface area contributed by atoms with Crippen LogP contribution >= 0.6 is 0 Å². The Labute approximate surface area is 175 Å². The van der Waals surface area contributed by atoms with Gasteiger partial charge in [-0.2, -0.15) is 4.98 Å². The van der Waals surface area contributed by atoms with Crippen LogP contribution in [0.4, 0.5) is 11.8 Å². The number of ether oxygens (including phenoxy) is 2. The Hall–Kier alpha value is -3.07. The van der Waals surface area contributed by atoms with Crippen LogP contribution in [0, 0.1) is 6.92 Å². The lowest BCUT2D eigenvalue weighted by molar-refractivity contribution is 0.356. The molecule has 3 aromatic rings. The van der Waals surface area contributed by atoms with Crippen molar-refractivity contribution in [1.29, 1.82) is 0 Å². The van der Waals surface area contributed by atoms with Crippen LogP contribution in [-0.2, 0) is 10.0 Å². The molecule has 8 nitrogen and oxygen atoms in total. The van der Waals surface area contributed by atoms with E-state index in [1.165, 1.54) is 7.11 Å². The van der Waals surface area contributed by atoms with E-state index in [1.807, 2.05) is 6.92 Å². The predicted octanol–water partition coefficient (Wildman–Crippen LogP) is 3.36. The first kappa shape index (κ1) is 20.2. The Bertz CT molecular complexity index is 1170. The molecule has 0 unspecified atom stereocenters. The molecule has 0 spiro atoms. The standard InChI is InChI=1S/C21H24N4O4S/c1-14-6-8-15(9-7-14)30(26,27)24-20-16-12-18(28-2)19(29-3)13-17(16)22-21(23-20)25-10-4-5-11-25/h6-9,12-13H,4-5,10-11H2,1-3H3,(H,22,23,24). The van der Waals surface area contributed by atoms with Crippen LogP contribution in [0.25, 0.3) is 10.9 Å². The van der Waals surface area contributed by atoms with Crippen molar-refractivity contribution in [3.8, 4) is 11.5 Å². The average molecular weight is 429 g/mol. The number of sulfonamides is 1. The molecule has 0 saturated carbocycles. The SMILES string of the molecule is COc1cc2nc(N3CCCC3)nc(NS(=O)(=O)c3ccc(C)cc3)c2cc1OC. The van der Waals surface area contributed by atoms with Crippen molar-refractivity contribution >= 4 is 32.7 Å². The lowest BCUT2D eigenvalue weighted by atomic mass is 10.2. The molecular weight excluding hydrogens is 404 g/mol. The average Bonchev–Trinajstić information content (AvgIpc) is 3.27. The molecule has 1 aliphatic rings. The maximum Gasteiger partial charge on any atom is 0.263 e. The van der Waals surface area contributed by atoms with Gasteiger partial charge in [0.15, 0.2) is 17.3 Å². The van der Waals surface area contributed by atoms with Gasteiger partial charge in [0.05, 0.1) is 24.6 Å². The predicted molar refractivity (Wildman–Crippen MR) is 116 cm³/mol. The number of nitrogens with zero attached hydrogens (tertiary/aromatic N) is 3. The van der Waals surface area contributed by atoms with Crippen molar-refractivity contribution in [2.45, 2.75) is 24.7 Å². The number of aromatic nitrogens is 2. The quantitative estimate of drug-likeness (QED) is 0.643. The van der Waals surface area contributed by atoms with E-state index >= 15 is 0 Å². The van der Waals surface area contributed by atoms with Crippen LogP contribution < -0.4 is 19.1 Å². The number of anilines is 2. The summed E-state index contributed by atoms with van der Waals surface area (Å²) in [6.07, 6.45) is 2.11. The Kier molecular flexibility index (Phi) is 5.38. The number of rotatable bonds is 6. The van der Waals surface area contributed by atoms with Crippen molar-refractivity contribution in [3.05, 3.63) is 42.0 Å². The number of fused-ring (bicyclic) bond motifs is 1. The number of benzene rings is 2. The number of methoxy groups -OCH3 is 2. The van der Waals surface area contributed by atoms with Crippen molar-refractivity contribution < 1.29 is 17.9 Å². The van der Waals surface area contributed by atoms with E-state index < -0.39 is 10.0 Å². The van der Waals surface area contributed by atoms with E-state index in [4.69, 9.17) is 9.47 Å². The minimum absolute atomic E-state index is 0.170. The van der Waals surface area contributed by atoms with Gasteiger partial charge in [0.1, 0.15) is 0 Å². The highest BCUT2D eigenvalue weighted by Crippen LogP contribution is 2.36. The van der Waals surface area contributed by atoms with Gasteiger partial charge in [-0.05, 0) is 38.0 Å². The number of aryl methyl sites for hydroxylation is 1. The van der Waals surface area contributed by atoms with Crippen molar-refractivity contribution in [2.24, 2.45) is 0 Å². The summed E-state index contributed by atoms with van der Waals surface area (Å²) in [5.74, 6) is 1.69. The first-order chi connectivity index (χ1) is 14.4. The Morgan fingerprint density at radius 3 is 2.23 bits per heavy atom. The van der Waals surface area contributed by atoms with Crippen LogP contribution in [0.2, 0.25) is 0 Å². The van der Waals surface area contributed by atoms with Gasteiger partial charge in [0.2, 0.25) is 5.95 Å². The fourth-order valence-corrected chi connectivity index (χ4v) is 4.51. The van der Waals surface area contributed by atoms with E-state index in [0.717, 1.165) is 31.5 Å². The van der Waals surface area contributed by atoms with Gasteiger partial charge in [0, 0.05) is 24.5 Å². The third-order valence-corrected chi connectivity index (χ3v) is 6.50. The zero-order valence-corrected chi connectivity index (χ0v) is 18.0. The minimum Gasteiger partial charge on any atom is -0.493 e. The zero-order chi connectivity index (χ0) is 21.3. The van der Waals surface area contributed by atoms with Gasteiger partial charge in [-0.15, -0.1) is 0 Å². The molecule has 2 heterocycles. The van der Waals surface area contributed by atoms with E-state index in [1.54, 1.807) is 43.5 Å². The fourth-order valence-electron chi connectivity index (χ4n) is 3.48. The summed E-state index contributed by atoms with van der Waals surface area (Å²) in [5, 5.41) is 0.534. The molecule has 30 heavy (non-hydrogen) atoms. The lowest BCUT2D eigenvalue weighted by Crippen LogP contribution is -2.22. The summed E-state index contributed by atoms with van der Waals surface area (Å²) in [6.45, 7) is 3.58. The molecule has 2 aromatic carbocycles. The van der Waals surface area contributed by atoms with E-state index in [9.17, 15) is 8.42 Å². The molecule has 0 bridgehead atoms. The molecule has 9 heteroatoms. The molecule has 1 fully saturated rings. The summed E-state index contributed by atoms with van der Waals surface area (Å²) in [6, 6.07) is 10.1. The first-order valence-electron chi connectivity index (χ1n) is 9.69. The van der Waals surface area contributed by atoms with Crippen molar-refractivity contribution in [1.82, 2.24) is 9.97 Å². The number of hydrogen-bond donors (Lipinski definition) is 1. The van der Waals surface area contributed by atoms with Crippen LogP contribution in [0.3, 0.4) is 0 Å². The molecule has 0 amide bonds. The Morgan fingerprint density at radius 1 is 0.967 bits per heavy atom. The largest absolute Gasteiger partial charge is 0.493 e. The molecule has 0 aliphatic carbocycles. The first-order valence-corrected chi connectivity index (χ1v) is 11.2. The third kappa shape index (κ3) is 3.85. The minimum atomic E-state index is -3.83. The van der Waals surface area contributed by atoms with Gasteiger partial charge in [-0.25, -0.2) is 13.4 Å². The Balaban J connectivity index is 1.86. The van der Waals surface area contributed by atoms with E-state index in [0.29, 0.717) is 28.4 Å². The Morgan fingerprint density at radius 2 is 1.60 bits per heavy atom. The van der Waals surface area contributed by atoms with Crippen molar-refractivity contribution in [2.75, 3.05) is 36.9 Å². The van der Waals surface area contributed by atoms with Crippen LogP contribution in [0.15, 0.2) is 41.3 Å². The summed E-state index contributed by atoms with van der Waals surface area (Å²) >= 11 is 0. The molecule has 1 aromatic heterocycles. The third-order valence-electron chi connectivity index (χ3n) is 5.14. The van der Waals surface area contributed by atoms with Crippen LogP contribution in [0.1, 0.15) is 18.4 Å².